The van der Waals surface area contributed by atoms with Gasteiger partial charge in [-0.2, -0.15) is 0 Å². The first-order chi connectivity index (χ1) is 15.9. The fraction of sp³-hybridized carbons (Fsp3) is 0.880. The Bertz CT molecular complexity index is 622. The Hall–Kier alpha value is -1.51. The summed E-state index contributed by atoms with van der Waals surface area (Å²) < 4.78 is 15.1. The molecule has 2 N–H and O–H groups in total. The van der Waals surface area contributed by atoms with Crippen molar-refractivity contribution in [2.75, 3.05) is 6.61 Å². The van der Waals surface area contributed by atoms with Crippen LogP contribution < -0.4 is 0 Å². The molecule has 1 spiro atoms. The molecule has 0 bridgehead atoms. The average molecular weight is 471 g/mol. The molecule has 4 atom stereocenters. The monoisotopic (exact) mass is 470 g/mol. The molecular formula is C25H42O8. The highest BCUT2D eigenvalue weighted by molar-refractivity contribution is 6.14. The van der Waals surface area contributed by atoms with E-state index in [1.165, 1.54) is 64.2 Å². The Kier molecular flexibility index (Phi) is 12.3. The number of hydrogen-bond acceptors (Lipinski definition) is 8. The van der Waals surface area contributed by atoms with E-state index in [1.807, 2.05) is 0 Å². The summed E-state index contributed by atoms with van der Waals surface area (Å²) in [6, 6.07) is 0. The van der Waals surface area contributed by atoms with Gasteiger partial charge >= 0.3 is 11.9 Å². The Morgan fingerprint density at radius 2 is 1.55 bits per heavy atom. The summed E-state index contributed by atoms with van der Waals surface area (Å²) in [4.78, 5) is 36.5. The Morgan fingerprint density at radius 3 is 2.06 bits per heavy atom. The zero-order valence-electron chi connectivity index (χ0n) is 20.1. The molecule has 0 aromatic rings. The summed E-state index contributed by atoms with van der Waals surface area (Å²) >= 11 is 0. The number of cyclic esters (lactones) is 1. The van der Waals surface area contributed by atoms with Crippen LogP contribution in [-0.2, 0) is 28.6 Å². The summed E-state index contributed by atoms with van der Waals surface area (Å²) in [7, 11) is 0. The molecule has 0 saturated carbocycles. The number of carbonyl (C=O) groups excluding carboxylic acids is 3. The molecule has 0 radical (unpaired) electrons. The zero-order chi connectivity index (χ0) is 24.1. The third-order valence-electron chi connectivity index (χ3n) is 6.55. The number of ether oxygens (including phenoxy) is 3. The number of esters is 2. The molecule has 33 heavy (non-hydrogen) atoms. The second-order valence-electron chi connectivity index (χ2n) is 9.37. The molecule has 0 amide bonds. The third-order valence-corrected chi connectivity index (χ3v) is 6.55. The molecule has 0 aromatic carbocycles. The Balaban J connectivity index is 1.47. The van der Waals surface area contributed by atoms with Gasteiger partial charge in [0.25, 0.3) is 0 Å². The van der Waals surface area contributed by atoms with Crippen molar-refractivity contribution in [3.05, 3.63) is 0 Å². The van der Waals surface area contributed by atoms with Crippen molar-refractivity contribution in [3.63, 3.8) is 0 Å². The maximum Gasteiger partial charge on any atom is 0.347 e. The van der Waals surface area contributed by atoms with Gasteiger partial charge in [0.15, 0.2) is 12.4 Å². The lowest BCUT2D eigenvalue weighted by Gasteiger charge is -2.18. The van der Waals surface area contributed by atoms with Gasteiger partial charge in [-0.25, -0.2) is 4.79 Å². The van der Waals surface area contributed by atoms with Crippen LogP contribution in [0.2, 0.25) is 0 Å². The number of aliphatic hydroxyl groups is 2. The van der Waals surface area contributed by atoms with Crippen LogP contribution in [0, 0.1) is 0 Å². The topological polar surface area (TPSA) is 119 Å². The van der Waals surface area contributed by atoms with Crippen molar-refractivity contribution in [1.82, 2.24) is 0 Å². The lowest BCUT2D eigenvalue weighted by atomic mass is 9.93. The summed E-state index contributed by atoms with van der Waals surface area (Å²) in [6.07, 6.45) is 12.1. The minimum absolute atomic E-state index is 0.00783. The van der Waals surface area contributed by atoms with Crippen LogP contribution in [0.3, 0.4) is 0 Å². The summed E-state index contributed by atoms with van der Waals surface area (Å²) in [5.41, 5.74) is -1.84. The lowest BCUT2D eigenvalue weighted by Crippen LogP contribution is -2.45. The maximum absolute atomic E-state index is 12.5. The Morgan fingerprint density at radius 1 is 1.00 bits per heavy atom. The van der Waals surface area contributed by atoms with Crippen LogP contribution in [0.1, 0.15) is 110 Å². The number of rotatable bonds is 17. The van der Waals surface area contributed by atoms with Crippen LogP contribution in [0.25, 0.3) is 0 Å². The number of aliphatic hydroxyl groups excluding tert-OH is 2. The van der Waals surface area contributed by atoms with E-state index < -0.39 is 48.4 Å². The predicted molar refractivity (Wildman–Crippen MR) is 121 cm³/mol. The van der Waals surface area contributed by atoms with Crippen LogP contribution in [0.4, 0.5) is 0 Å². The van der Waals surface area contributed by atoms with Gasteiger partial charge in [-0.1, -0.05) is 84.0 Å². The molecule has 190 valence electrons. The van der Waals surface area contributed by atoms with Gasteiger partial charge < -0.3 is 24.4 Å². The summed E-state index contributed by atoms with van der Waals surface area (Å²) in [5.74, 6) is -2.09. The van der Waals surface area contributed by atoms with E-state index in [0.717, 1.165) is 19.3 Å². The van der Waals surface area contributed by atoms with Gasteiger partial charge in [0, 0.05) is 12.8 Å². The highest BCUT2D eigenvalue weighted by Gasteiger charge is 2.63. The first-order valence-corrected chi connectivity index (χ1v) is 12.9. The zero-order valence-corrected chi connectivity index (χ0v) is 20.1. The van der Waals surface area contributed by atoms with Gasteiger partial charge in [-0.05, 0) is 12.8 Å². The van der Waals surface area contributed by atoms with Crippen LogP contribution in [0.5, 0.6) is 0 Å². The molecule has 2 aliphatic rings. The van der Waals surface area contributed by atoms with E-state index in [0.29, 0.717) is 0 Å². The average Bonchev–Trinajstić information content (AvgIpc) is 3.31. The normalized spacial score (nSPS) is 25.5. The first-order valence-electron chi connectivity index (χ1n) is 12.9. The smallest absolute Gasteiger partial charge is 0.347 e. The van der Waals surface area contributed by atoms with E-state index in [2.05, 4.69) is 6.92 Å². The van der Waals surface area contributed by atoms with Crippen molar-refractivity contribution in [1.29, 1.82) is 0 Å². The molecule has 2 heterocycles. The minimum atomic E-state index is -1.84. The van der Waals surface area contributed by atoms with E-state index in [-0.39, 0.29) is 19.3 Å². The quantitative estimate of drug-likeness (QED) is 0.187. The summed E-state index contributed by atoms with van der Waals surface area (Å²) in [5, 5.41) is 19.7. The van der Waals surface area contributed by atoms with Gasteiger partial charge in [0.2, 0.25) is 11.4 Å². The maximum atomic E-state index is 12.5. The molecule has 8 nitrogen and oxygen atoms in total. The number of ketones is 1. The Labute approximate surface area is 197 Å². The molecule has 0 aromatic heterocycles. The van der Waals surface area contributed by atoms with Gasteiger partial charge in [-0.15, -0.1) is 0 Å². The minimum Gasteiger partial charge on any atom is -0.463 e. The molecule has 2 saturated heterocycles. The molecule has 0 aliphatic carbocycles. The van der Waals surface area contributed by atoms with E-state index in [9.17, 15) is 24.6 Å². The number of carbonyl (C=O) groups is 3. The van der Waals surface area contributed by atoms with E-state index in [4.69, 9.17) is 14.2 Å². The summed E-state index contributed by atoms with van der Waals surface area (Å²) in [6.45, 7) is 1.81. The van der Waals surface area contributed by atoms with Crippen molar-refractivity contribution in [2.45, 2.75) is 134 Å². The van der Waals surface area contributed by atoms with E-state index in [1.54, 1.807) is 0 Å². The van der Waals surface area contributed by atoms with Crippen molar-refractivity contribution in [2.24, 2.45) is 0 Å². The van der Waals surface area contributed by atoms with Crippen LogP contribution in [0.15, 0.2) is 0 Å². The standard InChI is InChI=1S/C25H42O8/c1-2-3-4-5-6-7-8-9-10-11-12-13-14-15-20(27)31-18-19(26)22-23(29)25(24(30)32-22)17-16-21(28)33-25/h19,21-22,26,28H,2-18H2,1H3. The molecule has 8 heteroatoms. The molecule has 2 fully saturated rings. The third kappa shape index (κ3) is 8.65. The molecule has 2 aliphatic heterocycles. The fourth-order valence-corrected chi connectivity index (χ4v) is 4.48. The SMILES string of the molecule is CCCCCCCCCCCCCCCC(=O)OCC(O)C1OC(=O)C2(CCC(O)O2)C1=O. The lowest BCUT2D eigenvalue weighted by molar-refractivity contribution is -0.175. The van der Waals surface area contributed by atoms with Crippen LogP contribution in [-0.4, -0.2) is 58.6 Å². The van der Waals surface area contributed by atoms with Gasteiger partial charge in [0.05, 0.1) is 0 Å². The fourth-order valence-electron chi connectivity index (χ4n) is 4.48. The van der Waals surface area contributed by atoms with Gasteiger partial charge in [0.1, 0.15) is 12.7 Å². The van der Waals surface area contributed by atoms with Crippen molar-refractivity contribution < 1.29 is 38.8 Å². The number of hydrogen-bond donors (Lipinski definition) is 2. The molecule has 4 unspecified atom stereocenters. The molecular weight excluding hydrogens is 428 g/mol. The number of unbranched alkanes of at least 4 members (excludes halogenated alkanes) is 12. The second-order valence-corrected chi connectivity index (χ2v) is 9.37. The number of Topliss-reactive ketones (excluding diaryl/α,β-unsaturated/α-hetero) is 1. The van der Waals surface area contributed by atoms with Crippen LogP contribution >= 0.6 is 0 Å². The second kappa shape index (κ2) is 14.7. The van der Waals surface area contributed by atoms with Crippen molar-refractivity contribution >= 4 is 17.7 Å². The van der Waals surface area contributed by atoms with Gasteiger partial charge in [-0.3, -0.25) is 9.59 Å². The largest absolute Gasteiger partial charge is 0.463 e. The molecule has 2 rings (SSSR count). The highest BCUT2D eigenvalue weighted by Crippen LogP contribution is 2.38. The van der Waals surface area contributed by atoms with Crippen molar-refractivity contribution in [3.8, 4) is 0 Å². The predicted octanol–water partition coefficient (Wildman–Crippen LogP) is 3.73. The first kappa shape index (κ1) is 27.7. The van der Waals surface area contributed by atoms with E-state index >= 15 is 0 Å². The highest BCUT2D eigenvalue weighted by atomic mass is 16.7.